The maximum atomic E-state index is 5.41. The van der Waals surface area contributed by atoms with Crippen LogP contribution in [-0.2, 0) is 0 Å². The molecule has 1 unspecified atom stereocenters. The van der Waals surface area contributed by atoms with Crippen LogP contribution in [-0.4, -0.2) is 19.7 Å². The van der Waals surface area contributed by atoms with Gasteiger partial charge in [-0.25, -0.2) is 0 Å². The normalized spacial score (nSPS) is 12.5. The summed E-state index contributed by atoms with van der Waals surface area (Å²) in [6, 6.07) is 8.38. The lowest BCUT2D eigenvalue weighted by Crippen LogP contribution is -2.19. The zero-order chi connectivity index (χ0) is 11.1. The van der Waals surface area contributed by atoms with E-state index in [1.807, 2.05) is 19.1 Å². The van der Waals surface area contributed by atoms with Crippen molar-refractivity contribution < 1.29 is 4.74 Å². The summed E-state index contributed by atoms with van der Waals surface area (Å²) < 4.78 is 5.41. The molecule has 0 aliphatic rings. The molecule has 2 nitrogen and oxygen atoms in total. The van der Waals surface area contributed by atoms with Crippen molar-refractivity contribution in [2.45, 2.75) is 26.7 Å². The van der Waals surface area contributed by atoms with Gasteiger partial charge in [-0.2, -0.15) is 0 Å². The second kappa shape index (κ2) is 6.46. The first kappa shape index (κ1) is 12.1. The van der Waals surface area contributed by atoms with Crippen molar-refractivity contribution in [3.8, 4) is 5.75 Å². The molecule has 15 heavy (non-hydrogen) atoms. The van der Waals surface area contributed by atoms with Gasteiger partial charge in [0, 0.05) is 6.54 Å². The fourth-order valence-electron chi connectivity index (χ4n) is 1.54. The largest absolute Gasteiger partial charge is 0.494 e. The van der Waals surface area contributed by atoms with Crippen LogP contribution in [0.25, 0.3) is 0 Å². The monoisotopic (exact) mass is 207 g/mol. The molecule has 0 spiro atoms. The maximum Gasteiger partial charge on any atom is 0.119 e. The van der Waals surface area contributed by atoms with Crippen molar-refractivity contribution in [1.82, 2.24) is 5.32 Å². The van der Waals surface area contributed by atoms with Crippen molar-refractivity contribution in [1.29, 1.82) is 0 Å². The summed E-state index contributed by atoms with van der Waals surface area (Å²) in [6.45, 7) is 9.16. The molecular weight excluding hydrogens is 186 g/mol. The lowest BCUT2D eigenvalue weighted by Gasteiger charge is -2.12. The fourth-order valence-corrected chi connectivity index (χ4v) is 1.54. The molecule has 1 N–H and O–H groups in total. The van der Waals surface area contributed by atoms with Gasteiger partial charge in [0.05, 0.1) is 6.61 Å². The van der Waals surface area contributed by atoms with Crippen molar-refractivity contribution in [3.05, 3.63) is 29.8 Å². The summed E-state index contributed by atoms with van der Waals surface area (Å²) in [5.74, 6) is 1.51. The van der Waals surface area contributed by atoms with Crippen molar-refractivity contribution in [2.24, 2.45) is 0 Å². The molecule has 0 aliphatic heterocycles. The van der Waals surface area contributed by atoms with E-state index in [-0.39, 0.29) is 0 Å². The minimum absolute atomic E-state index is 0.556. The Morgan fingerprint density at radius 1 is 1.20 bits per heavy atom. The molecule has 84 valence electrons. The molecule has 0 fully saturated rings. The molecule has 1 aromatic rings. The molecule has 2 heteroatoms. The molecule has 0 heterocycles. The molecular formula is C13H21NO. The van der Waals surface area contributed by atoms with Crippen LogP contribution in [0.2, 0.25) is 0 Å². The van der Waals surface area contributed by atoms with Gasteiger partial charge in [-0.05, 0) is 37.1 Å². The highest BCUT2D eigenvalue weighted by Gasteiger charge is 2.04. The first-order chi connectivity index (χ1) is 7.27. The fraction of sp³-hybridized carbons (Fsp3) is 0.538. The Bertz CT molecular complexity index is 268. The van der Waals surface area contributed by atoms with Crippen LogP contribution in [0.3, 0.4) is 0 Å². The number of ether oxygens (including phenoxy) is 1. The van der Waals surface area contributed by atoms with E-state index in [2.05, 4.69) is 31.3 Å². The second-order valence-corrected chi connectivity index (χ2v) is 3.71. The van der Waals surface area contributed by atoms with Crippen molar-refractivity contribution >= 4 is 0 Å². The standard InChI is InChI=1S/C13H21NO/c1-4-14-10-11(3)12-6-8-13(9-7-12)15-5-2/h6-9,11,14H,4-5,10H2,1-3H3. The molecule has 1 rings (SSSR count). The summed E-state index contributed by atoms with van der Waals surface area (Å²) in [5.41, 5.74) is 1.36. The van der Waals surface area contributed by atoms with Crippen LogP contribution in [0.4, 0.5) is 0 Å². The van der Waals surface area contributed by atoms with Gasteiger partial charge in [-0.15, -0.1) is 0 Å². The lowest BCUT2D eigenvalue weighted by molar-refractivity contribution is 0.340. The molecule has 0 saturated heterocycles. The predicted molar refractivity (Wildman–Crippen MR) is 64.6 cm³/mol. The third-order valence-electron chi connectivity index (χ3n) is 2.46. The van der Waals surface area contributed by atoms with Gasteiger partial charge in [0.1, 0.15) is 5.75 Å². The van der Waals surface area contributed by atoms with E-state index in [0.29, 0.717) is 5.92 Å². The summed E-state index contributed by atoms with van der Waals surface area (Å²) in [4.78, 5) is 0. The lowest BCUT2D eigenvalue weighted by atomic mass is 10.0. The van der Waals surface area contributed by atoms with E-state index in [9.17, 15) is 0 Å². The first-order valence-electron chi connectivity index (χ1n) is 5.71. The number of hydrogen-bond acceptors (Lipinski definition) is 2. The quantitative estimate of drug-likeness (QED) is 0.774. The number of benzene rings is 1. The van der Waals surface area contributed by atoms with Gasteiger partial charge >= 0.3 is 0 Å². The van der Waals surface area contributed by atoms with E-state index in [1.165, 1.54) is 5.56 Å². The van der Waals surface area contributed by atoms with Crippen molar-refractivity contribution in [2.75, 3.05) is 19.7 Å². The zero-order valence-electron chi connectivity index (χ0n) is 9.92. The summed E-state index contributed by atoms with van der Waals surface area (Å²) in [7, 11) is 0. The Morgan fingerprint density at radius 2 is 1.87 bits per heavy atom. The van der Waals surface area contributed by atoms with E-state index < -0.39 is 0 Å². The number of rotatable bonds is 6. The Kier molecular flexibility index (Phi) is 5.19. The van der Waals surface area contributed by atoms with Gasteiger partial charge in [0.2, 0.25) is 0 Å². The molecule has 1 atom stereocenters. The summed E-state index contributed by atoms with van der Waals surface area (Å²) in [6.07, 6.45) is 0. The van der Waals surface area contributed by atoms with Crippen LogP contribution in [0.15, 0.2) is 24.3 Å². The summed E-state index contributed by atoms with van der Waals surface area (Å²) >= 11 is 0. The van der Waals surface area contributed by atoms with Gasteiger partial charge in [0.15, 0.2) is 0 Å². The molecule has 1 aromatic carbocycles. The number of nitrogens with one attached hydrogen (secondary N) is 1. The van der Waals surface area contributed by atoms with Crippen LogP contribution in [0.5, 0.6) is 5.75 Å². The van der Waals surface area contributed by atoms with E-state index in [1.54, 1.807) is 0 Å². The highest BCUT2D eigenvalue weighted by atomic mass is 16.5. The first-order valence-corrected chi connectivity index (χ1v) is 5.71. The third-order valence-corrected chi connectivity index (χ3v) is 2.46. The van der Waals surface area contributed by atoms with Gasteiger partial charge in [-0.3, -0.25) is 0 Å². The van der Waals surface area contributed by atoms with Crippen LogP contribution < -0.4 is 10.1 Å². The molecule has 0 amide bonds. The van der Waals surface area contributed by atoms with Gasteiger partial charge in [0.25, 0.3) is 0 Å². The van der Waals surface area contributed by atoms with E-state index in [4.69, 9.17) is 4.74 Å². The van der Waals surface area contributed by atoms with Crippen LogP contribution >= 0.6 is 0 Å². The zero-order valence-corrected chi connectivity index (χ0v) is 9.92. The Hall–Kier alpha value is -1.02. The number of likely N-dealkylation sites (N-methyl/N-ethyl adjacent to an activating group) is 1. The Labute approximate surface area is 92.6 Å². The van der Waals surface area contributed by atoms with E-state index in [0.717, 1.165) is 25.4 Å². The minimum atomic E-state index is 0.556. The SMILES string of the molecule is CCNCC(C)c1ccc(OCC)cc1. The average Bonchev–Trinajstić information content (AvgIpc) is 2.27. The highest BCUT2D eigenvalue weighted by Crippen LogP contribution is 2.18. The Morgan fingerprint density at radius 3 is 2.40 bits per heavy atom. The smallest absolute Gasteiger partial charge is 0.119 e. The van der Waals surface area contributed by atoms with E-state index >= 15 is 0 Å². The third kappa shape index (κ3) is 3.92. The topological polar surface area (TPSA) is 21.3 Å². The Balaban J connectivity index is 2.54. The molecule has 0 aromatic heterocycles. The molecule has 0 radical (unpaired) electrons. The van der Waals surface area contributed by atoms with Crippen LogP contribution in [0.1, 0.15) is 32.3 Å². The predicted octanol–water partition coefficient (Wildman–Crippen LogP) is 2.80. The van der Waals surface area contributed by atoms with Gasteiger partial charge < -0.3 is 10.1 Å². The molecule has 0 saturated carbocycles. The second-order valence-electron chi connectivity index (χ2n) is 3.71. The maximum absolute atomic E-state index is 5.41. The molecule has 0 bridgehead atoms. The van der Waals surface area contributed by atoms with Crippen molar-refractivity contribution in [3.63, 3.8) is 0 Å². The highest BCUT2D eigenvalue weighted by molar-refractivity contribution is 5.29. The van der Waals surface area contributed by atoms with Crippen LogP contribution in [0, 0.1) is 0 Å². The average molecular weight is 207 g/mol. The molecule has 0 aliphatic carbocycles. The summed E-state index contributed by atoms with van der Waals surface area (Å²) in [5, 5.41) is 3.36. The van der Waals surface area contributed by atoms with Gasteiger partial charge in [-0.1, -0.05) is 26.0 Å². The number of hydrogen-bond donors (Lipinski definition) is 1. The minimum Gasteiger partial charge on any atom is -0.494 e.